The number of fused-ring (bicyclic) bond motifs is 3. The molecule has 1 aliphatic carbocycles. The topological polar surface area (TPSA) is 99.2 Å². The van der Waals surface area contributed by atoms with E-state index in [1.54, 1.807) is 19.0 Å². The van der Waals surface area contributed by atoms with Gasteiger partial charge in [0.15, 0.2) is 0 Å². The van der Waals surface area contributed by atoms with Gasteiger partial charge in [-0.1, -0.05) is 55.5 Å². The summed E-state index contributed by atoms with van der Waals surface area (Å²) in [5.74, 6) is -2.15. The molecule has 0 fully saturated rings. The van der Waals surface area contributed by atoms with Crippen molar-refractivity contribution in [3.8, 4) is 11.1 Å². The van der Waals surface area contributed by atoms with E-state index in [1.807, 2.05) is 36.4 Å². The smallest absolute Gasteiger partial charge is 0.407 e. The summed E-state index contributed by atoms with van der Waals surface area (Å²) in [5, 5.41) is 11.8. The zero-order chi connectivity index (χ0) is 24.1. The van der Waals surface area contributed by atoms with Gasteiger partial charge in [-0.15, -0.1) is 0 Å². The first-order valence-electron chi connectivity index (χ1n) is 10.9. The fourth-order valence-corrected chi connectivity index (χ4v) is 4.18. The molecule has 0 saturated heterocycles. The second kappa shape index (κ2) is 10.5. The number of rotatable bonds is 9. The number of alkyl carbamates (subject to hydrolysis) is 1. The summed E-state index contributed by atoms with van der Waals surface area (Å²) in [7, 11) is 5.11. The Morgan fingerprint density at radius 2 is 1.52 bits per heavy atom. The Bertz CT molecular complexity index is 977. The van der Waals surface area contributed by atoms with Crippen molar-refractivity contribution in [3.05, 3.63) is 59.7 Å². The van der Waals surface area contributed by atoms with Crippen LogP contribution in [-0.2, 0) is 14.3 Å². The molecule has 1 aliphatic rings. The largest absolute Gasteiger partial charge is 0.481 e. The Morgan fingerprint density at radius 1 is 0.970 bits per heavy atom. The van der Waals surface area contributed by atoms with E-state index in [4.69, 9.17) is 9.84 Å². The number of nitrogens with zero attached hydrogens (tertiary/aromatic N) is 2. The third kappa shape index (κ3) is 5.70. The zero-order valence-corrected chi connectivity index (χ0v) is 19.4. The summed E-state index contributed by atoms with van der Waals surface area (Å²) in [6, 6.07) is 15.3. The summed E-state index contributed by atoms with van der Waals surface area (Å²) in [6.07, 6.45) is -0.684. The summed E-state index contributed by atoms with van der Waals surface area (Å²) in [6.45, 7) is 1.99. The van der Waals surface area contributed by atoms with Gasteiger partial charge in [0.05, 0.1) is 5.92 Å². The van der Waals surface area contributed by atoms with Crippen LogP contribution in [0.25, 0.3) is 11.1 Å². The van der Waals surface area contributed by atoms with Crippen molar-refractivity contribution in [1.82, 2.24) is 15.1 Å². The number of carbonyl (C=O) groups is 3. The molecule has 0 spiro atoms. The number of nitrogens with one attached hydrogen (secondary N) is 1. The number of hydrogen-bond donors (Lipinski definition) is 2. The highest BCUT2D eigenvalue weighted by Crippen LogP contribution is 2.44. The first-order valence-corrected chi connectivity index (χ1v) is 10.9. The predicted octanol–water partition coefficient (Wildman–Crippen LogP) is 2.63. The lowest BCUT2D eigenvalue weighted by atomic mass is 9.98. The van der Waals surface area contributed by atoms with E-state index in [1.165, 1.54) is 18.9 Å². The lowest BCUT2D eigenvalue weighted by Crippen LogP contribution is -2.53. The van der Waals surface area contributed by atoms with Crippen molar-refractivity contribution >= 4 is 18.0 Å². The molecule has 0 heterocycles. The van der Waals surface area contributed by atoms with Gasteiger partial charge in [-0.05, 0) is 36.3 Å². The Morgan fingerprint density at radius 3 is 2.03 bits per heavy atom. The molecule has 0 radical (unpaired) electrons. The van der Waals surface area contributed by atoms with Crippen molar-refractivity contribution in [2.24, 2.45) is 5.92 Å². The van der Waals surface area contributed by atoms with E-state index in [0.29, 0.717) is 0 Å². The molecule has 2 atom stereocenters. The molecular weight excluding hydrogens is 422 g/mol. The van der Waals surface area contributed by atoms with E-state index in [-0.39, 0.29) is 31.5 Å². The molecule has 2 N–H and O–H groups in total. The molecule has 3 rings (SSSR count). The molecule has 33 heavy (non-hydrogen) atoms. The highest BCUT2D eigenvalue weighted by Gasteiger charge is 2.31. The number of benzene rings is 2. The molecular formula is C25H31N3O5. The van der Waals surface area contributed by atoms with E-state index in [0.717, 1.165) is 22.3 Å². The number of aliphatic carboxylic acids is 1. The number of carboxylic acids is 1. The predicted molar refractivity (Wildman–Crippen MR) is 125 cm³/mol. The number of likely N-dealkylation sites (N-methyl/N-ethyl adjacent to an activating group) is 2. The van der Waals surface area contributed by atoms with Gasteiger partial charge in [-0.3, -0.25) is 9.59 Å². The third-order valence-electron chi connectivity index (χ3n) is 5.83. The lowest BCUT2D eigenvalue weighted by molar-refractivity contribution is -0.143. The fraction of sp³-hybridized carbons (Fsp3) is 0.400. The van der Waals surface area contributed by atoms with E-state index < -0.39 is 24.0 Å². The Balaban J connectivity index is 1.66. The van der Waals surface area contributed by atoms with E-state index in [9.17, 15) is 14.4 Å². The van der Waals surface area contributed by atoms with Crippen LogP contribution in [0.5, 0.6) is 0 Å². The minimum Gasteiger partial charge on any atom is -0.481 e. The van der Waals surface area contributed by atoms with Crippen LogP contribution in [0.15, 0.2) is 48.5 Å². The molecule has 176 valence electrons. The normalized spacial score (nSPS) is 14.2. The van der Waals surface area contributed by atoms with Crippen LogP contribution in [0, 0.1) is 5.92 Å². The molecule has 0 aliphatic heterocycles. The van der Waals surface area contributed by atoms with Crippen LogP contribution in [0.3, 0.4) is 0 Å². The molecule has 2 amide bonds. The van der Waals surface area contributed by atoms with Crippen molar-refractivity contribution in [2.45, 2.75) is 18.9 Å². The standard InChI is InChI=1S/C25H31N3O5/c1-16(24(30)31)13-28(4)23(29)22(14-27(2)3)26-25(32)33-15-21-19-11-7-5-9-17(19)18-10-6-8-12-20(18)21/h5-12,16,21-22H,13-15H2,1-4H3,(H,26,32)(H,30,31). The Kier molecular flexibility index (Phi) is 7.71. The fourth-order valence-electron chi connectivity index (χ4n) is 4.18. The quantitative estimate of drug-likeness (QED) is 0.606. The van der Waals surface area contributed by atoms with E-state index >= 15 is 0 Å². The maximum Gasteiger partial charge on any atom is 0.407 e. The molecule has 2 aromatic carbocycles. The van der Waals surface area contributed by atoms with Gasteiger partial charge in [0, 0.05) is 26.1 Å². The molecule has 2 aromatic rings. The number of carboxylic acid groups (broad SMARTS) is 1. The Labute approximate surface area is 194 Å². The molecule has 0 bridgehead atoms. The lowest BCUT2D eigenvalue weighted by Gasteiger charge is -2.27. The number of ether oxygens (including phenoxy) is 1. The van der Waals surface area contributed by atoms with Gasteiger partial charge >= 0.3 is 12.1 Å². The minimum absolute atomic E-state index is 0.0461. The minimum atomic E-state index is -0.983. The summed E-state index contributed by atoms with van der Waals surface area (Å²) >= 11 is 0. The third-order valence-corrected chi connectivity index (χ3v) is 5.83. The summed E-state index contributed by atoms with van der Waals surface area (Å²) in [4.78, 5) is 39.8. The highest BCUT2D eigenvalue weighted by atomic mass is 16.5. The number of carbonyl (C=O) groups excluding carboxylic acids is 2. The molecule has 0 aromatic heterocycles. The van der Waals surface area contributed by atoms with Crippen molar-refractivity contribution in [2.75, 3.05) is 40.8 Å². The van der Waals surface area contributed by atoms with Gasteiger partial charge in [0.25, 0.3) is 0 Å². The maximum atomic E-state index is 12.9. The SMILES string of the molecule is CC(CN(C)C(=O)C(CN(C)C)NC(=O)OCC1c2ccccc2-c2ccccc21)C(=O)O. The van der Waals surface area contributed by atoms with Crippen LogP contribution >= 0.6 is 0 Å². The Hall–Kier alpha value is -3.39. The van der Waals surface area contributed by atoms with Crippen molar-refractivity contribution in [1.29, 1.82) is 0 Å². The monoisotopic (exact) mass is 453 g/mol. The van der Waals surface area contributed by atoms with Gasteiger partial charge in [-0.25, -0.2) is 4.79 Å². The van der Waals surface area contributed by atoms with Crippen LogP contribution in [-0.4, -0.2) is 79.8 Å². The number of hydrogen-bond acceptors (Lipinski definition) is 5. The zero-order valence-electron chi connectivity index (χ0n) is 19.4. The highest BCUT2D eigenvalue weighted by molar-refractivity contribution is 5.86. The van der Waals surface area contributed by atoms with Crippen molar-refractivity contribution in [3.63, 3.8) is 0 Å². The number of amides is 2. The molecule has 8 nitrogen and oxygen atoms in total. The molecule has 0 saturated carbocycles. The van der Waals surface area contributed by atoms with Gasteiger partial charge in [0.2, 0.25) is 5.91 Å². The van der Waals surface area contributed by atoms with Crippen LogP contribution in [0.4, 0.5) is 4.79 Å². The average molecular weight is 454 g/mol. The van der Waals surface area contributed by atoms with Crippen LogP contribution in [0.1, 0.15) is 24.0 Å². The average Bonchev–Trinajstić information content (AvgIpc) is 3.10. The van der Waals surface area contributed by atoms with Gasteiger partial charge in [0.1, 0.15) is 12.6 Å². The van der Waals surface area contributed by atoms with Gasteiger partial charge < -0.3 is 25.0 Å². The first kappa shape index (κ1) is 24.3. The van der Waals surface area contributed by atoms with Crippen LogP contribution in [0.2, 0.25) is 0 Å². The summed E-state index contributed by atoms with van der Waals surface area (Å²) < 4.78 is 5.57. The second-order valence-electron chi connectivity index (χ2n) is 8.74. The second-order valence-corrected chi connectivity index (χ2v) is 8.74. The van der Waals surface area contributed by atoms with Gasteiger partial charge in [-0.2, -0.15) is 0 Å². The summed E-state index contributed by atoms with van der Waals surface area (Å²) in [5.41, 5.74) is 4.48. The molecule has 8 heteroatoms. The maximum absolute atomic E-state index is 12.9. The van der Waals surface area contributed by atoms with Crippen molar-refractivity contribution < 1.29 is 24.2 Å². The molecule has 2 unspecified atom stereocenters. The van der Waals surface area contributed by atoms with E-state index in [2.05, 4.69) is 17.4 Å². The first-order chi connectivity index (χ1) is 15.7. The van der Waals surface area contributed by atoms with Crippen LogP contribution < -0.4 is 5.32 Å².